The number of hydrogen-bond acceptors (Lipinski definition) is 5. The summed E-state index contributed by atoms with van der Waals surface area (Å²) < 4.78 is 3.11. The van der Waals surface area contributed by atoms with Crippen LogP contribution in [0.4, 0.5) is 0 Å². The first-order valence-electron chi connectivity index (χ1n) is 6.01. The summed E-state index contributed by atoms with van der Waals surface area (Å²) in [5.41, 5.74) is -0.182. The van der Waals surface area contributed by atoms with Crippen LogP contribution in [0.5, 0.6) is 0 Å². The maximum atomic E-state index is 11.6. The van der Waals surface area contributed by atoms with E-state index in [0.717, 1.165) is 13.0 Å². The molecule has 0 aromatic carbocycles. The summed E-state index contributed by atoms with van der Waals surface area (Å²) in [7, 11) is 0. The summed E-state index contributed by atoms with van der Waals surface area (Å²) in [5.74, 6) is -1.41. The van der Waals surface area contributed by atoms with E-state index in [0.29, 0.717) is 6.54 Å². The number of hydrogen-bond donors (Lipinski definition) is 2. The van der Waals surface area contributed by atoms with Crippen LogP contribution in [0.1, 0.15) is 16.9 Å². The van der Waals surface area contributed by atoms with Crippen LogP contribution in [0, 0.1) is 0 Å². The van der Waals surface area contributed by atoms with Gasteiger partial charge in [-0.2, -0.15) is 0 Å². The topological polar surface area (TPSA) is 115 Å². The number of nitrogens with one attached hydrogen (secondary N) is 1. The third kappa shape index (κ3) is 3.90. The second kappa shape index (κ2) is 6.45. The number of carbonyl (C=O) groups excluding carboxylic acids is 1. The van der Waals surface area contributed by atoms with Crippen molar-refractivity contribution in [3.05, 3.63) is 30.6 Å². The largest absolute Gasteiger partial charge is 0.476 e. The van der Waals surface area contributed by atoms with Crippen molar-refractivity contribution < 1.29 is 14.7 Å². The second-order valence-electron chi connectivity index (χ2n) is 4.11. The number of carboxylic acid groups (broad SMARTS) is 1. The van der Waals surface area contributed by atoms with E-state index in [9.17, 15) is 9.59 Å². The lowest BCUT2D eigenvalue weighted by Gasteiger charge is -2.05. The summed E-state index contributed by atoms with van der Waals surface area (Å²) in [5, 5.41) is 18.4. The van der Waals surface area contributed by atoms with Gasteiger partial charge in [0, 0.05) is 25.5 Å². The molecule has 1 amide bonds. The molecule has 0 radical (unpaired) electrons. The lowest BCUT2D eigenvalue weighted by atomic mass is 10.4. The minimum Gasteiger partial charge on any atom is -0.476 e. The molecule has 2 N–H and O–H groups in total. The number of imidazole rings is 1. The molecule has 0 aliphatic carbocycles. The normalized spacial score (nSPS) is 10.4. The van der Waals surface area contributed by atoms with Crippen molar-refractivity contribution in [1.82, 2.24) is 29.9 Å². The monoisotopic (exact) mass is 278 g/mol. The molecule has 0 aliphatic heterocycles. The third-order valence-electron chi connectivity index (χ3n) is 2.54. The van der Waals surface area contributed by atoms with Crippen molar-refractivity contribution in [2.24, 2.45) is 0 Å². The highest BCUT2D eigenvalue weighted by molar-refractivity contribution is 5.84. The van der Waals surface area contributed by atoms with E-state index in [-0.39, 0.29) is 18.1 Å². The second-order valence-corrected chi connectivity index (χ2v) is 4.11. The summed E-state index contributed by atoms with van der Waals surface area (Å²) in [6, 6.07) is 0. The van der Waals surface area contributed by atoms with Crippen LogP contribution in [-0.4, -0.2) is 48.1 Å². The van der Waals surface area contributed by atoms with Gasteiger partial charge in [0.1, 0.15) is 6.54 Å². The van der Waals surface area contributed by atoms with E-state index in [1.54, 1.807) is 12.5 Å². The van der Waals surface area contributed by atoms with Gasteiger partial charge in [-0.25, -0.2) is 14.5 Å². The van der Waals surface area contributed by atoms with Crippen LogP contribution >= 0.6 is 0 Å². The van der Waals surface area contributed by atoms with Gasteiger partial charge in [0.25, 0.3) is 0 Å². The van der Waals surface area contributed by atoms with Gasteiger partial charge >= 0.3 is 5.97 Å². The third-order valence-corrected chi connectivity index (χ3v) is 2.54. The Kier molecular flexibility index (Phi) is 4.43. The number of aryl methyl sites for hydroxylation is 1. The number of amides is 1. The first-order chi connectivity index (χ1) is 9.65. The molecule has 0 saturated carbocycles. The van der Waals surface area contributed by atoms with E-state index >= 15 is 0 Å². The minimum absolute atomic E-state index is 0.0502. The van der Waals surface area contributed by atoms with Gasteiger partial charge in [-0.15, -0.1) is 5.10 Å². The van der Waals surface area contributed by atoms with Crippen LogP contribution in [0.15, 0.2) is 24.9 Å². The number of rotatable bonds is 7. The summed E-state index contributed by atoms with van der Waals surface area (Å²) in [6.45, 7) is 1.25. The SMILES string of the molecule is O=C(Cn1cc(C(=O)O)nn1)NCCCn1ccnc1. The zero-order valence-electron chi connectivity index (χ0n) is 10.6. The number of carbonyl (C=O) groups is 2. The molecule has 0 unspecified atom stereocenters. The molecule has 0 atom stereocenters. The van der Waals surface area contributed by atoms with E-state index in [1.165, 1.54) is 10.9 Å². The van der Waals surface area contributed by atoms with Gasteiger partial charge in [0.15, 0.2) is 5.69 Å². The predicted molar refractivity (Wildman–Crippen MR) is 66.8 cm³/mol. The van der Waals surface area contributed by atoms with E-state index < -0.39 is 5.97 Å². The van der Waals surface area contributed by atoms with Crippen LogP contribution in [0.3, 0.4) is 0 Å². The first kappa shape index (κ1) is 13.7. The fourth-order valence-corrected chi connectivity index (χ4v) is 1.59. The Balaban J connectivity index is 1.68. The van der Waals surface area contributed by atoms with Crippen molar-refractivity contribution in [3.63, 3.8) is 0 Å². The van der Waals surface area contributed by atoms with Crippen LogP contribution in [0.25, 0.3) is 0 Å². The Bertz CT molecular complexity index is 577. The Hall–Kier alpha value is -2.71. The van der Waals surface area contributed by atoms with E-state index in [2.05, 4.69) is 20.6 Å². The standard InChI is InChI=1S/C11H14N6O3/c18-10(7-17-6-9(11(19)20)14-15-17)13-2-1-4-16-5-3-12-8-16/h3,5-6,8H,1-2,4,7H2,(H,13,18)(H,19,20). The van der Waals surface area contributed by atoms with Crippen molar-refractivity contribution in [2.45, 2.75) is 19.5 Å². The number of aromatic nitrogens is 5. The molecule has 2 heterocycles. The summed E-state index contributed by atoms with van der Waals surface area (Å²) in [6.07, 6.45) is 7.26. The molecular formula is C11H14N6O3. The molecule has 0 saturated heterocycles. The molecule has 2 aromatic rings. The number of aromatic carboxylic acids is 1. The molecule has 0 fully saturated rings. The van der Waals surface area contributed by atoms with Crippen LogP contribution < -0.4 is 5.32 Å². The van der Waals surface area contributed by atoms with Crippen LogP contribution in [0.2, 0.25) is 0 Å². The molecule has 9 nitrogen and oxygen atoms in total. The van der Waals surface area contributed by atoms with Crippen LogP contribution in [-0.2, 0) is 17.9 Å². The Morgan fingerprint density at radius 3 is 2.90 bits per heavy atom. The molecule has 2 aromatic heterocycles. The minimum atomic E-state index is -1.17. The average Bonchev–Trinajstić information content (AvgIpc) is 3.05. The number of nitrogens with zero attached hydrogens (tertiary/aromatic N) is 5. The van der Waals surface area contributed by atoms with Crippen molar-refractivity contribution in [1.29, 1.82) is 0 Å². The molecule has 0 aliphatic rings. The fraction of sp³-hybridized carbons (Fsp3) is 0.364. The highest BCUT2D eigenvalue weighted by atomic mass is 16.4. The molecule has 9 heteroatoms. The van der Waals surface area contributed by atoms with Crippen molar-refractivity contribution in [3.8, 4) is 0 Å². The quantitative estimate of drug-likeness (QED) is 0.652. The maximum absolute atomic E-state index is 11.6. The van der Waals surface area contributed by atoms with Crippen molar-refractivity contribution in [2.75, 3.05) is 6.54 Å². The molecule has 0 spiro atoms. The van der Waals surface area contributed by atoms with Gasteiger partial charge in [-0.05, 0) is 6.42 Å². The van der Waals surface area contributed by atoms with E-state index in [1.807, 2.05) is 10.8 Å². The predicted octanol–water partition coefficient (Wildman–Crippen LogP) is -0.621. The van der Waals surface area contributed by atoms with Gasteiger partial charge < -0.3 is 15.0 Å². The fourth-order valence-electron chi connectivity index (χ4n) is 1.59. The average molecular weight is 278 g/mol. The maximum Gasteiger partial charge on any atom is 0.358 e. The van der Waals surface area contributed by atoms with Gasteiger partial charge in [-0.1, -0.05) is 5.21 Å². The summed E-state index contributed by atoms with van der Waals surface area (Å²) >= 11 is 0. The zero-order chi connectivity index (χ0) is 14.4. The van der Waals surface area contributed by atoms with Crippen molar-refractivity contribution >= 4 is 11.9 Å². The lowest BCUT2D eigenvalue weighted by Crippen LogP contribution is -2.29. The molecule has 2 rings (SSSR count). The smallest absolute Gasteiger partial charge is 0.358 e. The van der Waals surface area contributed by atoms with E-state index in [4.69, 9.17) is 5.11 Å². The highest BCUT2D eigenvalue weighted by Crippen LogP contribution is 1.93. The van der Waals surface area contributed by atoms with Gasteiger partial charge in [0.2, 0.25) is 5.91 Å². The Morgan fingerprint density at radius 1 is 1.40 bits per heavy atom. The first-order valence-corrected chi connectivity index (χ1v) is 6.01. The Morgan fingerprint density at radius 2 is 2.25 bits per heavy atom. The molecular weight excluding hydrogens is 264 g/mol. The summed E-state index contributed by atoms with van der Waals surface area (Å²) in [4.78, 5) is 26.1. The highest BCUT2D eigenvalue weighted by Gasteiger charge is 2.10. The van der Waals surface area contributed by atoms with Gasteiger partial charge in [-0.3, -0.25) is 4.79 Å². The zero-order valence-corrected chi connectivity index (χ0v) is 10.6. The molecule has 0 bridgehead atoms. The molecule has 106 valence electrons. The Labute approximate surface area is 114 Å². The number of carboxylic acids is 1. The lowest BCUT2D eigenvalue weighted by molar-refractivity contribution is -0.121. The van der Waals surface area contributed by atoms with Gasteiger partial charge in [0.05, 0.1) is 12.5 Å². The molecule has 20 heavy (non-hydrogen) atoms.